The van der Waals surface area contributed by atoms with Crippen LogP contribution in [0.4, 0.5) is 23.3 Å². The van der Waals surface area contributed by atoms with Crippen LogP contribution in [0.5, 0.6) is 5.75 Å². The van der Waals surface area contributed by atoms with Crippen LogP contribution in [0.1, 0.15) is 18.1 Å². The molecule has 0 radical (unpaired) electrons. The highest BCUT2D eigenvalue weighted by molar-refractivity contribution is 7.99. The molecule has 8 N–H and O–H groups in total. The number of nitrogens with zero attached hydrogens (tertiary/aromatic N) is 4. The number of anilines is 4. The zero-order chi connectivity index (χ0) is 22.1. The average molecular weight is 439 g/mol. The maximum atomic E-state index is 6.20. The number of benzene rings is 1. The van der Waals surface area contributed by atoms with Crippen LogP contribution in [0.2, 0.25) is 0 Å². The monoisotopic (exact) mass is 438 g/mol. The third-order valence-corrected chi connectivity index (χ3v) is 5.96. The van der Waals surface area contributed by atoms with Gasteiger partial charge < -0.3 is 32.6 Å². The summed E-state index contributed by atoms with van der Waals surface area (Å²) >= 11 is 1.44. The second-order valence-corrected chi connectivity index (χ2v) is 8.82. The summed E-state index contributed by atoms with van der Waals surface area (Å²) in [4.78, 5) is 15.1. The number of hydrogen-bond acceptors (Lipinski definition) is 10. The lowest BCUT2D eigenvalue weighted by atomic mass is 10.0. The minimum Gasteiger partial charge on any atom is -0.491 e. The minimum atomic E-state index is -0.0791. The van der Waals surface area contributed by atoms with Gasteiger partial charge >= 0.3 is 0 Å². The van der Waals surface area contributed by atoms with Crippen molar-refractivity contribution in [1.82, 2.24) is 15.0 Å². The smallest absolute Gasteiger partial charge is 0.223 e. The lowest BCUT2D eigenvalue weighted by Gasteiger charge is -2.23. The number of ether oxygens (including phenoxy) is 1. The predicted octanol–water partition coefficient (Wildman–Crippen LogP) is 2.39. The molecular formula is C21H26N8OS. The van der Waals surface area contributed by atoms with Crippen molar-refractivity contribution in [2.45, 2.75) is 30.8 Å². The molecule has 1 unspecified atom stereocenters. The first-order chi connectivity index (χ1) is 14.8. The van der Waals surface area contributed by atoms with E-state index in [1.54, 1.807) is 0 Å². The Morgan fingerprint density at radius 2 is 1.94 bits per heavy atom. The number of rotatable bonds is 4. The lowest BCUT2D eigenvalue weighted by molar-refractivity contribution is 0.331. The van der Waals surface area contributed by atoms with Crippen molar-refractivity contribution in [3.8, 4) is 16.9 Å². The summed E-state index contributed by atoms with van der Waals surface area (Å²) in [7, 11) is 0. The number of nitrogens with two attached hydrogens (primary N) is 4. The van der Waals surface area contributed by atoms with Crippen molar-refractivity contribution in [3.05, 3.63) is 41.6 Å². The molecule has 9 nitrogen and oxygen atoms in total. The van der Waals surface area contributed by atoms with Gasteiger partial charge in [-0.25, -0.2) is 4.98 Å². The third kappa shape index (κ3) is 4.44. The van der Waals surface area contributed by atoms with Gasteiger partial charge in [0.05, 0.1) is 17.6 Å². The van der Waals surface area contributed by atoms with Gasteiger partial charge in [0, 0.05) is 29.4 Å². The van der Waals surface area contributed by atoms with Gasteiger partial charge in [0.1, 0.15) is 29.0 Å². The number of aromatic nitrogens is 3. The number of nitrogen functional groups attached to an aromatic ring is 3. The summed E-state index contributed by atoms with van der Waals surface area (Å²) in [5, 5.41) is 0.655. The maximum absolute atomic E-state index is 6.20. The van der Waals surface area contributed by atoms with E-state index in [0.29, 0.717) is 31.2 Å². The Balaban J connectivity index is 1.67. The molecule has 3 heterocycles. The van der Waals surface area contributed by atoms with Crippen LogP contribution in [-0.2, 0) is 6.54 Å². The largest absolute Gasteiger partial charge is 0.491 e. The normalized spacial score (nSPS) is 14.5. The topological polar surface area (TPSA) is 155 Å². The Morgan fingerprint density at radius 3 is 2.68 bits per heavy atom. The molecule has 1 aromatic carbocycles. The van der Waals surface area contributed by atoms with E-state index < -0.39 is 0 Å². The lowest BCUT2D eigenvalue weighted by Crippen LogP contribution is -2.27. The van der Waals surface area contributed by atoms with Crippen molar-refractivity contribution < 1.29 is 4.74 Å². The van der Waals surface area contributed by atoms with Gasteiger partial charge in [0.15, 0.2) is 0 Å². The van der Waals surface area contributed by atoms with E-state index in [1.165, 1.54) is 11.8 Å². The molecule has 1 atom stereocenters. The third-order valence-electron chi connectivity index (χ3n) is 5.02. The first-order valence-electron chi connectivity index (χ1n) is 9.90. The Bertz CT molecular complexity index is 1120. The summed E-state index contributed by atoms with van der Waals surface area (Å²) in [6.07, 6.45) is 1.81. The zero-order valence-electron chi connectivity index (χ0n) is 17.5. The minimum absolute atomic E-state index is 0.0791. The molecule has 0 bridgehead atoms. The van der Waals surface area contributed by atoms with Crippen molar-refractivity contribution in [2.24, 2.45) is 5.73 Å². The molecule has 1 aliphatic heterocycles. The molecule has 31 heavy (non-hydrogen) atoms. The summed E-state index contributed by atoms with van der Waals surface area (Å²) in [6, 6.07) is 8.00. The highest BCUT2D eigenvalue weighted by Crippen LogP contribution is 2.34. The van der Waals surface area contributed by atoms with Crippen LogP contribution in [0.3, 0.4) is 0 Å². The second-order valence-electron chi connectivity index (χ2n) is 7.45. The molecule has 0 saturated carbocycles. The van der Waals surface area contributed by atoms with E-state index in [0.717, 1.165) is 38.8 Å². The number of hydrogen-bond donors (Lipinski definition) is 4. The van der Waals surface area contributed by atoms with Crippen LogP contribution in [0.15, 0.2) is 35.5 Å². The average Bonchev–Trinajstić information content (AvgIpc) is 2.93. The zero-order valence-corrected chi connectivity index (χ0v) is 18.3. The van der Waals surface area contributed by atoms with Crippen molar-refractivity contribution in [1.29, 1.82) is 0 Å². The van der Waals surface area contributed by atoms with E-state index >= 15 is 0 Å². The van der Waals surface area contributed by atoms with E-state index in [9.17, 15) is 0 Å². The van der Waals surface area contributed by atoms with Crippen LogP contribution in [-0.4, -0.2) is 33.5 Å². The fourth-order valence-electron chi connectivity index (χ4n) is 3.50. The first kappa shape index (κ1) is 21.0. The van der Waals surface area contributed by atoms with E-state index in [4.69, 9.17) is 27.7 Å². The number of thioether (sulfide) groups is 1. The Morgan fingerprint density at radius 1 is 1.13 bits per heavy atom. The summed E-state index contributed by atoms with van der Waals surface area (Å²) in [5.74, 6) is 2.09. The molecule has 3 aromatic rings. The Labute approximate surface area is 185 Å². The van der Waals surface area contributed by atoms with Gasteiger partial charge in [-0.15, -0.1) is 0 Å². The van der Waals surface area contributed by atoms with Gasteiger partial charge in [0.2, 0.25) is 5.95 Å². The van der Waals surface area contributed by atoms with Crippen LogP contribution < -0.4 is 32.6 Å². The van der Waals surface area contributed by atoms with Gasteiger partial charge in [-0.1, -0.05) is 17.8 Å². The van der Waals surface area contributed by atoms with Crippen molar-refractivity contribution >= 4 is 35.0 Å². The molecule has 10 heteroatoms. The van der Waals surface area contributed by atoms with E-state index in [2.05, 4.69) is 25.9 Å². The fraction of sp³-hybridized carbons (Fsp3) is 0.286. The SMILES string of the molecule is Cc1c(N)nc(N)nc1N1CCOc2ccc(-c3cnc(SC(C)N)c(N)c3)cc2C1. The quantitative estimate of drug-likeness (QED) is 0.352. The fourth-order valence-corrected chi connectivity index (χ4v) is 4.16. The highest BCUT2D eigenvalue weighted by Gasteiger charge is 2.21. The van der Waals surface area contributed by atoms with Gasteiger partial charge in [0.25, 0.3) is 0 Å². The summed E-state index contributed by atoms with van der Waals surface area (Å²) < 4.78 is 5.97. The van der Waals surface area contributed by atoms with Gasteiger partial charge in [-0.3, -0.25) is 0 Å². The van der Waals surface area contributed by atoms with E-state index in [1.807, 2.05) is 38.2 Å². The second kappa shape index (κ2) is 8.48. The maximum Gasteiger partial charge on any atom is 0.223 e. The summed E-state index contributed by atoms with van der Waals surface area (Å²) in [6.45, 7) is 5.56. The molecule has 0 spiro atoms. The van der Waals surface area contributed by atoms with Crippen LogP contribution >= 0.6 is 11.8 Å². The molecule has 2 aromatic heterocycles. The van der Waals surface area contributed by atoms with Crippen molar-refractivity contribution in [3.63, 3.8) is 0 Å². The molecule has 0 amide bonds. The van der Waals surface area contributed by atoms with Crippen LogP contribution in [0.25, 0.3) is 11.1 Å². The molecule has 162 valence electrons. The molecule has 0 aliphatic carbocycles. The Kier molecular flexibility index (Phi) is 5.75. The molecular weight excluding hydrogens is 412 g/mol. The van der Waals surface area contributed by atoms with E-state index in [-0.39, 0.29) is 11.3 Å². The molecule has 4 rings (SSSR count). The standard InChI is InChI=1S/C21H26N8OS/c1-11-18(24)27-21(25)28-19(11)29-5-6-30-17-4-3-13(7-15(17)10-29)14-8-16(23)20(26-9-14)31-12(2)22/h3-4,7-9,12H,5-6,10,22-23H2,1-2H3,(H4,24,25,27,28). The molecule has 0 fully saturated rings. The summed E-state index contributed by atoms with van der Waals surface area (Å²) in [5.41, 5.74) is 28.2. The predicted molar refractivity (Wildman–Crippen MR) is 126 cm³/mol. The number of pyridine rings is 1. The molecule has 1 aliphatic rings. The highest BCUT2D eigenvalue weighted by atomic mass is 32.2. The van der Waals surface area contributed by atoms with Crippen molar-refractivity contribution in [2.75, 3.05) is 35.3 Å². The Hall–Kier alpha value is -3.24. The number of fused-ring (bicyclic) bond motifs is 1. The molecule has 0 saturated heterocycles. The van der Waals surface area contributed by atoms with Gasteiger partial charge in [-0.2, -0.15) is 9.97 Å². The van der Waals surface area contributed by atoms with Crippen LogP contribution in [0, 0.1) is 6.92 Å². The van der Waals surface area contributed by atoms with Gasteiger partial charge in [-0.05, 0) is 37.6 Å². The first-order valence-corrected chi connectivity index (χ1v) is 10.8.